The molecular formula is C23H18ClFN2O3. The first-order valence-corrected chi connectivity index (χ1v) is 9.85. The summed E-state index contributed by atoms with van der Waals surface area (Å²) in [7, 11) is 0. The van der Waals surface area contributed by atoms with E-state index >= 15 is 0 Å². The number of hydrogen-bond acceptors (Lipinski definition) is 4. The van der Waals surface area contributed by atoms with E-state index in [1.54, 1.807) is 24.3 Å². The fourth-order valence-corrected chi connectivity index (χ4v) is 3.71. The summed E-state index contributed by atoms with van der Waals surface area (Å²) >= 11 is 6.27. The van der Waals surface area contributed by atoms with Crippen LogP contribution in [0.1, 0.15) is 46.6 Å². The van der Waals surface area contributed by atoms with E-state index < -0.39 is 5.97 Å². The molecule has 1 N–H and O–H groups in total. The Balaban J connectivity index is 1.67. The molecule has 0 saturated heterocycles. The molecule has 0 spiro atoms. The molecule has 1 heterocycles. The third-order valence-electron chi connectivity index (χ3n) is 4.99. The van der Waals surface area contributed by atoms with Crippen LogP contribution in [-0.4, -0.2) is 21.3 Å². The van der Waals surface area contributed by atoms with Crippen LogP contribution in [0.25, 0.3) is 11.1 Å². The van der Waals surface area contributed by atoms with Gasteiger partial charge in [0.25, 0.3) is 0 Å². The van der Waals surface area contributed by atoms with Crippen molar-refractivity contribution in [3.63, 3.8) is 0 Å². The predicted molar refractivity (Wildman–Crippen MR) is 112 cm³/mol. The molecule has 0 unspecified atom stereocenters. The molecule has 0 atom stereocenters. The van der Waals surface area contributed by atoms with E-state index in [0.29, 0.717) is 23.1 Å². The van der Waals surface area contributed by atoms with Crippen molar-refractivity contribution >= 4 is 28.7 Å². The van der Waals surface area contributed by atoms with E-state index in [9.17, 15) is 9.18 Å². The SMILES string of the molecule is O=C(O)c1ccc(C2=C(c3cc(Cl)ccc3OCc3ccc(F)cc3)CCC2)nn1. The van der Waals surface area contributed by atoms with Crippen molar-refractivity contribution < 1.29 is 19.0 Å². The fraction of sp³-hybridized carbons (Fsp3) is 0.174. The minimum absolute atomic E-state index is 0.0926. The molecule has 30 heavy (non-hydrogen) atoms. The zero-order valence-electron chi connectivity index (χ0n) is 15.9. The van der Waals surface area contributed by atoms with Crippen LogP contribution in [0.3, 0.4) is 0 Å². The number of halogens is 2. The first kappa shape index (κ1) is 20.0. The molecule has 0 bridgehead atoms. The fourth-order valence-electron chi connectivity index (χ4n) is 3.54. The molecule has 0 amide bonds. The number of benzene rings is 2. The second-order valence-electron chi connectivity index (χ2n) is 6.98. The highest BCUT2D eigenvalue weighted by atomic mass is 35.5. The van der Waals surface area contributed by atoms with Crippen LogP contribution in [0.4, 0.5) is 4.39 Å². The van der Waals surface area contributed by atoms with Crippen molar-refractivity contribution in [3.05, 3.63) is 88.0 Å². The van der Waals surface area contributed by atoms with Gasteiger partial charge in [-0.1, -0.05) is 23.7 Å². The minimum Gasteiger partial charge on any atom is -0.488 e. The van der Waals surface area contributed by atoms with Crippen LogP contribution in [0.2, 0.25) is 5.02 Å². The Kier molecular flexibility index (Phi) is 5.77. The van der Waals surface area contributed by atoms with Gasteiger partial charge in [-0.3, -0.25) is 0 Å². The Morgan fingerprint density at radius 1 is 1.03 bits per heavy atom. The molecule has 0 radical (unpaired) electrons. The smallest absolute Gasteiger partial charge is 0.356 e. The molecule has 1 aliphatic rings. The molecule has 0 fully saturated rings. The third-order valence-corrected chi connectivity index (χ3v) is 5.22. The summed E-state index contributed by atoms with van der Waals surface area (Å²) in [6, 6.07) is 14.8. The second kappa shape index (κ2) is 8.63. The van der Waals surface area contributed by atoms with Gasteiger partial charge in [-0.2, -0.15) is 5.10 Å². The molecule has 2 aromatic carbocycles. The Labute approximate surface area is 177 Å². The van der Waals surface area contributed by atoms with Crippen LogP contribution >= 0.6 is 11.6 Å². The number of rotatable bonds is 6. The zero-order valence-corrected chi connectivity index (χ0v) is 16.7. The Morgan fingerprint density at radius 3 is 2.50 bits per heavy atom. The Bertz CT molecular complexity index is 1110. The Hall–Kier alpha value is -3.25. The number of aromatic nitrogens is 2. The van der Waals surface area contributed by atoms with Crippen LogP contribution in [0.15, 0.2) is 54.6 Å². The van der Waals surface area contributed by atoms with E-state index in [-0.39, 0.29) is 11.5 Å². The van der Waals surface area contributed by atoms with Crippen LogP contribution in [0.5, 0.6) is 5.75 Å². The maximum absolute atomic E-state index is 13.1. The van der Waals surface area contributed by atoms with Gasteiger partial charge < -0.3 is 9.84 Å². The van der Waals surface area contributed by atoms with Gasteiger partial charge in [0.05, 0.1) is 5.69 Å². The quantitative estimate of drug-likeness (QED) is 0.554. The average molecular weight is 425 g/mol. The van der Waals surface area contributed by atoms with Gasteiger partial charge in [-0.15, -0.1) is 5.10 Å². The molecule has 0 aliphatic heterocycles. The molecule has 4 rings (SSSR count). The minimum atomic E-state index is -1.11. The van der Waals surface area contributed by atoms with Gasteiger partial charge in [-0.25, -0.2) is 9.18 Å². The van der Waals surface area contributed by atoms with Gasteiger partial charge in [0.2, 0.25) is 0 Å². The van der Waals surface area contributed by atoms with Gasteiger partial charge in [0.1, 0.15) is 18.2 Å². The number of carboxylic acid groups (broad SMARTS) is 1. The summed E-state index contributed by atoms with van der Waals surface area (Å²) in [4.78, 5) is 11.0. The largest absolute Gasteiger partial charge is 0.488 e. The number of hydrogen-bond donors (Lipinski definition) is 1. The number of aromatic carboxylic acids is 1. The molecule has 1 aromatic heterocycles. The standard InChI is InChI=1S/C23H18ClFN2O3/c24-15-6-11-22(30-13-14-4-7-16(25)8-5-14)19(12-15)17-2-1-3-18(17)20-9-10-21(23(28)29)27-26-20/h4-12H,1-3,13H2,(H,28,29). The molecule has 3 aromatic rings. The summed E-state index contributed by atoms with van der Waals surface area (Å²) < 4.78 is 19.2. The topological polar surface area (TPSA) is 72.3 Å². The van der Waals surface area contributed by atoms with E-state index in [0.717, 1.165) is 41.5 Å². The molecule has 0 saturated carbocycles. The van der Waals surface area contributed by atoms with Crippen LogP contribution < -0.4 is 4.74 Å². The maximum atomic E-state index is 13.1. The van der Waals surface area contributed by atoms with Crippen molar-refractivity contribution in [2.24, 2.45) is 0 Å². The van der Waals surface area contributed by atoms with E-state index in [4.69, 9.17) is 21.4 Å². The van der Waals surface area contributed by atoms with Crippen LogP contribution in [-0.2, 0) is 6.61 Å². The van der Waals surface area contributed by atoms with Crippen molar-refractivity contribution in [1.82, 2.24) is 10.2 Å². The van der Waals surface area contributed by atoms with Gasteiger partial charge in [0.15, 0.2) is 5.69 Å². The summed E-state index contributed by atoms with van der Waals surface area (Å²) in [5, 5.41) is 17.5. The zero-order chi connectivity index (χ0) is 21.1. The second-order valence-corrected chi connectivity index (χ2v) is 7.41. The number of nitrogens with zero attached hydrogens (tertiary/aromatic N) is 2. The predicted octanol–water partition coefficient (Wildman–Crippen LogP) is 5.64. The number of allylic oxidation sites excluding steroid dienone is 2. The van der Waals surface area contributed by atoms with Crippen LogP contribution in [0, 0.1) is 5.82 Å². The lowest BCUT2D eigenvalue weighted by molar-refractivity contribution is 0.0689. The summed E-state index contributed by atoms with van der Waals surface area (Å²) in [6.45, 7) is 0.296. The van der Waals surface area contributed by atoms with E-state index in [2.05, 4.69) is 10.2 Å². The highest BCUT2D eigenvalue weighted by Gasteiger charge is 2.22. The van der Waals surface area contributed by atoms with Gasteiger partial charge >= 0.3 is 5.97 Å². The maximum Gasteiger partial charge on any atom is 0.356 e. The average Bonchev–Trinajstić information content (AvgIpc) is 3.24. The van der Waals surface area contributed by atoms with Crippen molar-refractivity contribution in [3.8, 4) is 5.75 Å². The Morgan fingerprint density at radius 2 is 1.80 bits per heavy atom. The first-order valence-electron chi connectivity index (χ1n) is 9.48. The van der Waals surface area contributed by atoms with Gasteiger partial charge in [-0.05, 0) is 78.4 Å². The molecule has 5 nitrogen and oxygen atoms in total. The lowest BCUT2D eigenvalue weighted by atomic mass is 9.99. The molecular weight excluding hydrogens is 407 g/mol. The lowest BCUT2D eigenvalue weighted by Gasteiger charge is -2.15. The normalized spacial score (nSPS) is 13.5. The third kappa shape index (κ3) is 4.33. The molecule has 152 valence electrons. The highest BCUT2D eigenvalue weighted by molar-refractivity contribution is 6.30. The van der Waals surface area contributed by atoms with Gasteiger partial charge in [0, 0.05) is 10.6 Å². The van der Waals surface area contributed by atoms with E-state index in [1.807, 2.05) is 12.1 Å². The van der Waals surface area contributed by atoms with E-state index in [1.165, 1.54) is 18.2 Å². The van der Waals surface area contributed by atoms with Crippen molar-refractivity contribution in [2.45, 2.75) is 25.9 Å². The first-order chi connectivity index (χ1) is 14.5. The number of ether oxygens (including phenoxy) is 1. The molecule has 7 heteroatoms. The summed E-state index contributed by atoms with van der Waals surface area (Å²) in [5.74, 6) is -0.726. The monoisotopic (exact) mass is 424 g/mol. The molecule has 1 aliphatic carbocycles. The number of carboxylic acids is 1. The highest BCUT2D eigenvalue weighted by Crippen LogP contribution is 2.43. The summed E-state index contributed by atoms with van der Waals surface area (Å²) in [6.07, 6.45) is 2.57. The van der Waals surface area contributed by atoms with Crippen molar-refractivity contribution in [2.75, 3.05) is 0 Å². The van der Waals surface area contributed by atoms with Crippen molar-refractivity contribution in [1.29, 1.82) is 0 Å². The number of carbonyl (C=O) groups is 1. The lowest BCUT2D eigenvalue weighted by Crippen LogP contribution is -2.03. The summed E-state index contributed by atoms with van der Waals surface area (Å²) in [5.41, 5.74) is 4.36.